The van der Waals surface area contributed by atoms with Crippen LogP contribution in [0.15, 0.2) is 70.5 Å². The Labute approximate surface area is 169 Å². The van der Waals surface area contributed by atoms with Gasteiger partial charge in [0.25, 0.3) is 10.0 Å². The molecule has 3 aromatic carbocycles. The normalized spacial score (nSPS) is 11.6. The molecule has 0 heterocycles. The van der Waals surface area contributed by atoms with Crippen molar-refractivity contribution in [1.29, 1.82) is 0 Å². The lowest BCUT2D eigenvalue weighted by atomic mass is 10.1. The van der Waals surface area contributed by atoms with Crippen LogP contribution in [0.1, 0.15) is 13.8 Å². The van der Waals surface area contributed by atoms with Crippen molar-refractivity contribution in [1.82, 2.24) is 0 Å². The Kier molecular flexibility index (Phi) is 5.96. The highest BCUT2D eigenvalue weighted by Gasteiger charge is 2.19. The minimum absolute atomic E-state index is 0.0947. The third kappa shape index (κ3) is 4.31. The minimum atomic E-state index is -3.82. The lowest BCUT2D eigenvalue weighted by Crippen LogP contribution is -2.19. The second-order valence-corrected chi connectivity index (χ2v) is 9.17. The molecule has 28 heavy (non-hydrogen) atoms. The summed E-state index contributed by atoms with van der Waals surface area (Å²) in [6.07, 6.45) is 1.88. The van der Waals surface area contributed by atoms with Crippen molar-refractivity contribution in [3.63, 3.8) is 0 Å². The molecule has 0 aliphatic heterocycles. The summed E-state index contributed by atoms with van der Waals surface area (Å²) >= 11 is 1.44. The Morgan fingerprint density at radius 1 is 0.964 bits per heavy atom. The van der Waals surface area contributed by atoms with Crippen molar-refractivity contribution in [2.24, 2.45) is 5.92 Å². The second kappa shape index (κ2) is 8.24. The number of amides is 1. The van der Waals surface area contributed by atoms with Crippen LogP contribution in [0.2, 0.25) is 0 Å². The molecule has 3 aromatic rings. The van der Waals surface area contributed by atoms with E-state index in [9.17, 15) is 13.2 Å². The number of rotatable bonds is 6. The van der Waals surface area contributed by atoms with Crippen LogP contribution in [0.3, 0.4) is 0 Å². The van der Waals surface area contributed by atoms with Gasteiger partial charge in [-0.15, -0.1) is 11.8 Å². The number of benzene rings is 3. The zero-order valence-electron chi connectivity index (χ0n) is 15.9. The number of thioether (sulfide) groups is 1. The number of hydrogen-bond acceptors (Lipinski definition) is 4. The van der Waals surface area contributed by atoms with Crippen LogP contribution in [0.5, 0.6) is 0 Å². The summed E-state index contributed by atoms with van der Waals surface area (Å²) in [5.74, 6) is -0.365. The maximum absolute atomic E-state index is 13.0. The van der Waals surface area contributed by atoms with Gasteiger partial charge in [-0.2, -0.15) is 0 Å². The lowest BCUT2D eigenvalue weighted by Gasteiger charge is -2.15. The molecule has 0 atom stereocenters. The first kappa shape index (κ1) is 20.2. The summed E-state index contributed by atoms with van der Waals surface area (Å²) in [6, 6.07) is 17.8. The number of fused-ring (bicyclic) bond motifs is 1. The van der Waals surface area contributed by atoms with Crippen LogP contribution in [-0.4, -0.2) is 20.6 Å². The lowest BCUT2D eigenvalue weighted by molar-refractivity contribution is -0.118. The topological polar surface area (TPSA) is 75.3 Å². The minimum Gasteiger partial charge on any atom is -0.325 e. The third-order valence-electron chi connectivity index (χ3n) is 4.30. The highest BCUT2D eigenvalue weighted by atomic mass is 32.2. The SMILES string of the molecule is CSc1ccc(S(=O)(=O)Nc2cccc3ccccc23)cc1NC(=O)C(C)C. The first-order valence-corrected chi connectivity index (χ1v) is 11.5. The van der Waals surface area contributed by atoms with Crippen molar-refractivity contribution in [2.75, 3.05) is 16.3 Å². The van der Waals surface area contributed by atoms with Gasteiger partial charge >= 0.3 is 0 Å². The van der Waals surface area contributed by atoms with Crippen molar-refractivity contribution >= 4 is 49.8 Å². The standard InChI is InChI=1S/C21H22N2O3S2/c1-14(2)21(24)22-19-13-16(11-12-20(19)27-3)28(25,26)23-18-10-6-8-15-7-4-5-9-17(15)18/h4-14,23H,1-3H3,(H,22,24). The highest BCUT2D eigenvalue weighted by Crippen LogP contribution is 2.30. The second-order valence-electron chi connectivity index (χ2n) is 6.64. The van der Waals surface area contributed by atoms with Crippen molar-refractivity contribution in [2.45, 2.75) is 23.6 Å². The van der Waals surface area contributed by atoms with Gasteiger partial charge in [-0.05, 0) is 35.9 Å². The predicted octanol–water partition coefficient (Wildman–Crippen LogP) is 4.96. The fourth-order valence-electron chi connectivity index (χ4n) is 2.75. The average Bonchev–Trinajstić information content (AvgIpc) is 2.68. The number of carbonyl (C=O) groups is 1. The Bertz CT molecular complexity index is 1120. The molecule has 0 bridgehead atoms. The molecule has 0 saturated carbocycles. The Morgan fingerprint density at radius 2 is 1.68 bits per heavy atom. The molecule has 0 radical (unpaired) electrons. The van der Waals surface area contributed by atoms with Crippen LogP contribution in [0, 0.1) is 5.92 Å². The molecular formula is C21H22N2O3S2. The highest BCUT2D eigenvalue weighted by molar-refractivity contribution is 7.98. The van der Waals surface area contributed by atoms with E-state index in [0.29, 0.717) is 11.4 Å². The van der Waals surface area contributed by atoms with Crippen LogP contribution in [-0.2, 0) is 14.8 Å². The maximum atomic E-state index is 13.0. The molecule has 0 spiro atoms. The van der Waals surface area contributed by atoms with Gasteiger partial charge in [0.15, 0.2) is 0 Å². The fourth-order valence-corrected chi connectivity index (χ4v) is 4.39. The van der Waals surface area contributed by atoms with E-state index in [4.69, 9.17) is 0 Å². The molecule has 3 rings (SSSR count). The summed E-state index contributed by atoms with van der Waals surface area (Å²) in [5, 5.41) is 4.59. The van der Waals surface area contributed by atoms with Crippen LogP contribution >= 0.6 is 11.8 Å². The molecule has 0 aliphatic rings. The zero-order chi connectivity index (χ0) is 20.3. The number of sulfonamides is 1. The Balaban J connectivity index is 1.98. The van der Waals surface area contributed by atoms with E-state index in [1.165, 1.54) is 17.8 Å². The number of carbonyl (C=O) groups excluding carboxylic acids is 1. The van der Waals surface area contributed by atoms with Crippen molar-refractivity contribution < 1.29 is 13.2 Å². The summed E-state index contributed by atoms with van der Waals surface area (Å²) < 4.78 is 28.6. The van der Waals surface area contributed by atoms with Crippen LogP contribution in [0.4, 0.5) is 11.4 Å². The molecule has 0 fully saturated rings. The van der Waals surface area contributed by atoms with Crippen molar-refractivity contribution in [3.05, 3.63) is 60.7 Å². The molecule has 0 unspecified atom stereocenters. The van der Waals surface area contributed by atoms with Gasteiger partial charge in [-0.1, -0.05) is 50.2 Å². The van der Waals surface area contributed by atoms with E-state index in [0.717, 1.165) is 15.7 Å². The largest absolute Gasteiger partial charge is 0.325 e. The monoisotopic (exact) mass is 414 g/mol. The van der Waals surface area contributed by atoms with E-state index >= 15 is 0 Å². The van der Waals surface area contributed by atoms with Gasteiger partial charge in [-0.3, -0.25) is 9.52 Å². The van der Waals surface area contributed by atoms with Gasteiger partial charge < -0.3 is 5.32 Å². The summed E-state index contributed by atoms with van der Waals surface area (Å²) in [5.41, 5.74) is 1.01. The number of hydrogen-bond donors (Lipinski definition) is 2. The number of nitrogens with one attached hydrogen (secondary N) is 2. The van der Waals surface area contributed by atoms with Crippen molar-refractivity contribution in [3.8, 4) is 0 Å². The molecule has 2 N–H and O–H groups in total. The predicted molar refractivity (Wildman–Crippen MR) is 116 cm³/mol. The van der Waals surface area contributed by atoms with Gasteiger partial charge in [0, 0.05) is 16.2 Å². The van der Waals surface area contributed by atoms with E-state index in [2.05, 4.69) is 10.0 Å². The van der Waals surface area contributed by atoms with E-state index in [-0.39, 0.29) is 16.7 Å². The first-order chi connectivity index (χ1) is 13.3. The zero-order valence-corrected chi connectivity index (χ0v) is 17.5. The van der Waals surface area contributed by atoms with E-state index in [1.807, 2.05) is 42.7 Å². The van der Waals surface area contributed by atoms with E-state index < -0.39 is 10.0 Å². The average molecular weight is 415 g/mol. The third-order valence-corrected chi connectivity index (χ3v) is 6.46. The smallest absolute Gasteiger partial charge is 0.261 e. The van der Waals surface area contributed by atoms with E-state index in [1.54, 1.807) is 32.0 Å². The molecular weight excluding hydrogens is 392 g/mol. The summed E-state index contributed by atoms with van der Waals surface area (Å²) in [6.45, 7) is 3.58. The van der Waals surface area contributed by atoms with Gasteiger partial charge in [0.05, 0.1) is 16.3 Å². The van der Waals surface area contributed by atoms with Gasteiger partial charge in [-0.25, -0.2) is 8.42 Å². The Hall–Kier alpha value is -2.51. The summed E-state index contributed by atoms with van der Waals surface area (Å²) in [4.78, 5) is 13.0. The molecule has 0 saturated heterocycles. The Morgan fingerprint density at radius 3 is 2.39 bits per heavy atom. The molecule has 0 aliphatic carbocycles. The molecule has 0 aromatic heterocycles. The molecule has 7 heteroatoms. The van der Waals surface area contributed by atoms with Crippen LogP contribution in [0.25, 0.3) is 10.8 Å². The molecule has 5 nitrogen and oxygen atoms in total. The van der Waals surface area contributed by atoms with Crippen LogP contribution < -0.4 is 10.0 Å². The molecule has 146 valence electrons. The fraction of sp³-hybridized carbons (Fsp3) is 0.190. The maximum Gasteiger partial charge on any atom is 0.261 e. The van der Waals surface area contributed by atoms with Gasteiger partial charge in [0.2, 0.25) is 5.91 Å². The first-order valence-electron chi connectivity index (χ1n) is 8.81. The summed E-state index contributed by atoms with van der Waals surface area (Å²) in [7, 11) is -3.82. The molecule has 1 amide bonds. The number of anilines is 2. The van der Waals surface area contributed by atoms with Gasteiger partial charge in [0.1, 0.15) is 0 Å². The quantitative estimate of drug-likeness (QED) is 0.559.